The lowest BCUT2D eigenvalue weighted by molar-refractivity contribution is -0.318. The fourth-order valence-corrected chi connectivity index (χ4v) is 2.61. The van der Waals surface area contributed by atoms with Crippen LogP contribution < -0.4 is 0 Å². The highest BCUT2D eigenvalue weighted by molar-refractivity contribution is 4.94. The molecule has 0 amide bonds. The molecule has 2 heterocycles. The van der Waals surface area contributed by atoms with E-state index in [0.717, 1.165) is 0 Å². The van der Waals surface area contributed by atoms with E-state index in [9.17, 15) is 25.5 Å². The Kier molecular flexibility index (Phi) is 6.07. The zero-order chi connectivity index (χ0) is 16.4. The second kappa shape index (κ2) is 7.45. The van der Waals surface area contributed by atoms with Crippen LogP contribution in [0.4, 0.5) is 0 Å². The van der Waals surface area contributed by atoms with Crippen molar-refractivity contribution in [1.29, 1.82) is 0 Å². The van der Waals surface area contributed by atoms with E-state index < -0.39 is 74.9 Å². The molecule has 0 aromatic rings. The first-order valence-corrected chi connectivity index (χ1v) is 6.95. The molecule has 0 spiro atoms. The maximum Gasteiger partial charge on any atom is 0.187 e. The van der Waals surface area contributed by atoms with Gasteiger partial charge in [-0.15, -0.1) is 0 Å². The van der Waals surface area contributed by atoms with E-state index in [0.29, 0.717) is 0 Å². The van der Waals surface area contributed by atoms with Gasteiger partial charge in [-0.05, 0) is 0 Å². The van der Waals surface area contributed by atoms with E-state index in [1.54, 1.807) is 0 Å². The molecule has 7 N–H and O–H groups in total. The zero-order valence-electron chi connectivity index (χ0n) is 11.7. The fourth-order valence-electron chi connectivity index (χ4n) is 2.61. The lowest BCUT2D eigenvalue weighted by Gasteiger charge is -2.41. The average Bonchev–Trinajstić information content (AvgIpc) is 2.83. The Morgan fingerprint density at radius 2 is 1.18 bits per heavy atom. The fraction of sp³-hybridized carbons (Fsp3) is 1.00. The maximum absolute atomic E-state index is 9.99. The maximum atomic E-state index is 9.99. The predicted molar refractivity (Wildman–Crippen MR) is 67.5 cm³/mol. The number of aliphatic hydroxyl groups excluding tert-OH is 7. The minimum Gasteiger partial charge on any atom is -0.394 e. The Morgan fingerprint density at radius 3 is 1.73 bits per heavy atom. The van der Waals surface area contributed by atoms with Gasteiger partial charge in [0.05, 0.1) is 19.8 Å². The van der Waals surface area contributed by atoms with Crippen molar-refractivity contribution < 1.29 is 50.0 Å². The van der Waals surface area contributed by atoms with Gasteiger partial charge in [0.15, 0.2) is 6.29 Å². The van der Waals surface area contributed by atoms with Gasteiger partial charge in [0.2, 0.25) is 0 Å². The van der Waals surface area contributed by atoms with Gasteiger partial charge in [-0.3, -0.25) is 0 Å². The summed E-state index contributed by atoms with van der Waals surface area (Å²) in [5.41, 5.74) is 0. The molecule has 0 aromatic carbocycles. The molecule has 2 aliphatic heterocycles. The molecule has 2 aliphatic rings. The number of rotatable bonds is 5. The molecule has 2 rings (SSSR count). The molecule has 2 fully saturated rings. The molecule has 0 saturated carbocycles. The summed E-state index contributed by atoms with van der Waals surface area (Å²) in [4.78, 5) is 0. The summed E-state index contributed by atoms with van der Waals surface area (Å²) in [5, 5.41) is 66.6. The minimum atomic E-state index is -1.63. The third-order valence-corrected chi connectivity index (χ3v) is 3.93. The van der Waals surface area contributed by atoms with Crippen LogP contribution in [0.1, 0.15) is 0 Å². The second-order valence-electron chi connectivity index (χ2n) is 5.37. The zero-order valence-corrected chi connectivity index (χ0v) is 11.7. The minimum absolute atomic E-state index is 0.494. The van der Waals surface area contributed by atoms with Gasteiger partial charge in [0.25, 0.3) is 0 Å². The largest absolute Gasteiger partial charge is 0.394 e. The number of hydrogen-bond acceptors (Lipinski definition) is 10. The van der Waals surface area contributed by atoms with Crippen LogP contribution in [-0.2, 0) is 14.2 Å². The molecular weight excluding hydrogens is 304 g/mol. The highest BCUT2D eigenvalue weighted by Crippen LogP contribution is 2.29. The predicted octanol–water partition coefficient (Wildman–Crippen LogP) is -4.72. The van der Waals surface area contributed by atoms with Crippen LogP contribution in [0.2, 0.25) is 0 Å². The summed E-state index contributed by atoms with van der Waals surface area (Å²) in [6, 6.07) is 0. The highest BCUT2D eigenvalue weighted by Gasteiger charge is 2.50. The van der Waals surface area contributed by atoms with Gasteiger partial charge in [-0.1, -0.05) is 0 Å². The summed E-state index contributed by atoms with van der Waals surface area (Å²) >= 11 is 0. The Bertz CT molecular complexity index is 351. The second-order valence-corrected chi connectivity index (χ2v) is 5.37. The molecule has 130 valence electrons. The quantitative estimate of drug-likeness (QED) is 0.260. The number of ether oxygens (including phenoxy) is 3. The smallest absolute Gasteiger partial charge is 0.187 e. The van der Waals surface area contributed by atoms with E-state index >= 15 is 0 Å². The van der Waals surface area contributed by atoms with E-state index in [1.807, 2.05) is 0 Å². The Labute approximate surface area is 126 Å². The van der Waals surface area contributed by atoms with Gasteiger partial charge in [-0.2, -0.15) is 0 Å². The van der Waals surface area contributed by atoms with Gasteiger partial charge >= 0.3 is 0 Å². The van der Waals surface area contributed by atoms with Crippen LogP contribution in [0.25, 0.3) is 0 Å². The third-order valence-electron chi connectivity index (χ3n) is 3.93. The molecule has 9 atom stereocenters. The molecule has 2 saturated heterocycles. The average molecular weight is 326 g/mol. The first kappa shape index (κ1) is 17.9. The monoisotopic (exact) mass is 326 g/mol. The third kappa shape index (κ3) is 3.26. The van der Waals surface area contributed by atoms with Gasteiger partial charge in [-0.25, -0.2) is 0 Å². The topological polar surface area (TPSA) is 169 Å². The molecule has 22 heavy (non-hydrogen) atoms. The van der Waals surface area contributed by atoms with Crippen LogP contribution in [0.15, 0.2) is 0 Å². The Balaban J connectivity index is 2.07. The summed E-state index contributed by atoms with van der Waals surface area (Å²) in [5.74, 6) is 0. The van der Waals surface area contributed by atoms with E-state index in [1.165, 1.54) is 0 Å². The molecule has 10 nitrogen and oxygen atoms in total. The lowest BCUT2D eigenvalue weighted by Crippen LogP contribution is -2.60. The van der Waals surface area contributed by atoms with Crippen LogP contribution in [0.5, 0.6) is 0 Å². The summed E-state index contributed by atoms with van der Waals surface area (Å²) < 4.78 is 15.7. The van der Waals surface area contributed by atoms with Crippen LogP contribution in [0, 0.1) is 0 Å². The highest BCUT2D eigenvalue weighted by atomic mass is 16.7. The molecular formula is C12H22O10. The molecule has 0 radical (unpaired) electrons. The van der Waals surface area contributed by atoms with Crippen LogP contribution in [0.3, 0.4) is 0 Å². The summed E-state index contributed by atoms with van der Waals surface area (Å²) in [6.45, 7) is -1.61. The molecule has 0 unspecified atom stereocenters. The SMILES string of the molecule is OC[C@H]1O[C@H](O[C@@H]2[C@H](O)[C@@H](CO)O[C@@H]2CO)[C@H](O)[C@@H](O)[C@H]1O. The van der Waals surface area contributed by atoms with Gasteiger partial charge in [0, 0.05) is 0 Å². The molecule has 0 aliphatic carbocycles. The summed E-state index contributed by atoms with van der Waals surface area (Å²) in [6.07, 6.45) is -11.7. The molecule has 0 bridgehead atoms. The van der Waals surface area contributed by atoms with Crippen LogP contribution in [-0.4, -0.2) is 111 Å². The van der Waals surface area contributed by atoms with Crippen molar-refractivity contribution in [3.63, 3.8) is 0 Å². The van der Waals surface area contributed by atoms with Crippen molar-refractivity contribution in [2.24, 2.45) is 0 Å². The van der Waals surface area contributed by atoms with E-state index in [2.05, 4.69) is 0 Å². The number of hydrogen-bond donors (Lipinski definition) is 7. The van der Waals surface area contributed by atoms with Crippen molar-refractivity contribution in [1.82, 2.24) is 0 Å². The van der Waals surface area contributed by atoms with Crippen LogP contribution >= 0.6 is 0 Å². The molecule has 0 aromatic heterocycles. The standard InChI is InChI=1S/C12H22O10/c13-1-4-7(16)9(18)10(19)12(21-4)22-11-6(3-15)20-5(2-14)8(11)17/h4-19H,1-3H2/t4-,5-,6-,7+,8-,9+,10-,11+,12-/m1/s1. The van der Waals surface area contributed by atoms with Crippen molar-refractivity contribution in [2.45, 2.75) is 55.1 Å². The Morgan fingerprint density at radius 1 is 0.636 bits per heavy atom. The lowest BCUT2D eigenvalue weighted by atomic mass is 9.99. The van der Waals surface area contributed by atoms with E-state index in [4.69, 9.17) is 24.4 Å². The van der Waals surface area contributed by atoms with Crippen molar-refractivity contribution in [3.05, 3.63) is 0 Å². The van der Waals surface area contributed by atoms with Crippen molar-refractivity contribution in [2.75, 3.05) is 19.8 Å². The first-order chi connectivity index (χ1) is 10.4. The van der Waals surface area contributed by atoms with Crippen molar-refractivity contribution in [3.8, 4) is 0 Å². The normalized spacial score (nSPS) is 49.5. The van der Waals surface area contributed by atoms with Crippen molar-refractivity contribution >= 4 is 0 Å². The van der Waals surface area contributed by atoms with E-state index in [-0.39, 0.29) is 0 Å². The van der Waals surface area contributed by atoms with Gasteiger partial charge in [0.1, 0.15) is 48.8 Å². The number of aliphatic hydroxyl groups is 7. The molecule has 10 heteroatoms. The summed E-state index contributed by atoms with van der Waals surface area (Å²) in [7, 11) is 0. The van der Waals surface area contributed by atoms with Gasteiger partial charge < -0.3 is 50.0 Å². The Hall–Kier alpha value is -0.400. The first-order valence-electron chi connectivity index (χ1n) is 6.95.